The second-order valence-electron chi connectivity index (χ2n) is 3.42. The van der Waals surface area contributed by atoms with E-state index >= 15 is 0 Å². The first-order valence-electron chi connectivity index (χ1n) is 5.09. The number of hydrogen-bond donors (Lipinski definition) is 1. The number of nitriles is 1. The molecule has 0 fully saturated rings. The van der Waals surface area contributed by atoms with Crippen molar-refractivity contribution in [3.05, 3.63) is 20.8 Å². The monoisotopic (exact) mass is 286 g/mol. The largest absolute Gasteiger partial charge is 0.309 e. The first-order chi connectivity index (χ1) is 7.25. The molecule has 1 heterocycles. The van der Waals surface area contributed by atoms with Crippen LogP contribution in [0.25, 0.3) is 0 Å². The van der Waals surface area contributed by atoms with Crippen LogP contribution in [0.15, 0.2) is 15.9 Å². The van der Waals surface area contributed by atoms with Crippen LogP contribution < -0.4 is 5.32 Å². The summed E-state index contributed by atoms with van der Waals surface area (Å²) in [6.07, 6.45) is 2.72. The minimum Gasteiger partial charge on any atom is -0.309 e. The SMILES string of the molecule is CC(NCCCCC#N)c1sccc1Br. The lowest BCUT2D eigenvalue weighted by molar-refractivity contribution is 0.554. The molecule has 0 saturated heterocycles. The molecule has 4 heteroatoms. The summed E-state index contributed by atoms with van der Waals surface area (Å²) >= 11 is 5.29. The normalized spacial score (nSPS) is 12.3. The van der Waals surface area contributed by atoms with Crippen molar-refractivity contribution in [1.82, 2.24) is 5.32 Å². The highest BCUT2D eigenvalue weighted by molar-refractivity contribution is 9.10. The fourth-order valence-electron chi connectivity index (χ4n) is 1.35. The summed E-state index contributed by atoms with van der Waals surface area (Å²) in [5.41, 5.74) is 0. The molecule has 82 valence electrons. The van der Waals surface area contributed by atoms with E-state index in [4.69, 9.17) is 5.26 Å². The zero-order chi connectivity index (χ0) is 11.1. The van der Waals surface area contributed by atoms with Crippen LogP contribution in [0.4, 0.5) is 0 Å². The fourth-order valence-corrected chi connectivity index (χ4v) is 3.10. The molecule has 1 N–H and O–H groups in total. The summed E-state index contributed by atoms with van der Waals surface area (Å²) in [6, 6.07) is 4.63. The molecule has 0 aliphatic rings. The van der Waals surface area contributed by atoms with E-state index in [0.717, 1.165) is 19.4 Å². The molecule has 0 radical (unpaired) electrons. The van der Waals surface area contributed by atoms with Gasteiger partial charge < -0.3 is 5.32 Å². The van der Waals surface area contributed by atoms with Gasteiger partial charge in [0.25, 0.3) is 0 Å². The Bertz CT molecular complexity index is 330. The summed E-state index contributed by atoms with van der Waals surface area (Å²) in [6.45, 7) is 3.15. The standard InChI is InChI=1S/C11H15BrN2S/c1-9(11-10(12)5-8-15-11)14-7-4-2-3-6-13/h5,8-9,14H,2-4,7H2,1H3. The van der Waals surface area contributed by atoms with Gasteiger partial charge in [0.2, 0.25) is 0 Å². The molecule has 1 atom stereocenters. The maximum atomic E-state index is 8.39. The van der Waals surface area contributed by atoms with E-state index in [-0.39, 0.29) is 0 Å². The quantitative estimate of drug-likeness (QED) is 0.806. The van der Waals surface area contributed by atoms with Crippen molar-refractivity contribution in [3.63, 3.8) is 0 Å². The Morgan fingerprint density at radius 3 is 3.00 bits per heavy atom. The maximum absolute atomic E-state index is 8.39. The van der Waals surface area contributed by atoms with Crippen LogP contribution in [-0.2, 0) is 0 Å². The maximum Gasteiger partial charge on any atom is 0.0621 e. The van der Waals surface area contributed by atoms with Crippen molar-refractivity contribution in [2.75, 3.05) is 6.54 Å². The van der Waals surface area contributed by atoms with Gasteiger partial charge in [-0.3, -0.25) is 0 Å². The molecule has 0 aliphatic carbocycles. The minimum absolute atomic E-state index is 0.390. The molecule has 1 aromatic heterocycles. The van der Waals surface area contributed by atoms with Crippen LogP contribution in [0.1, 0.15) is 37.1 Å². The lowest BCUT2D eigenvalue weighted by Crippen LogP contribution is -2.19. The van der Waals surface area contributed by atoms with Gasteiger partial charge in [-0.25, -0.2) is 0 Å². The van der Waals surface area contributed by atoms with E-state index in [9.17, 15) is 0 Å². The molecule has 0 spiro atoms. The Morgan fingerprint density at radius 1 is 1.60 bits per heavy atom. The van der Waals surface area contributed by atoms with E-state index in [1.54, 1.807) is 11.3 Å². The first-order valence-corrected chi connectivity index (χ1v) is 6.76. The van der Waals surface area contributed by atoms with Crippen molar-refractivity contribution < 1.29 is 0 Å². The molecule has 2 nitrogen and oxygen atoms in total. The van der Waals surface area contributed by atoms with Crippen LogP contribution in [0.2, 0.25) is 0 Å². The Balaban J connectivity index is 2.23. The van der Waals surface area contributed by atoms with Gasteiger partial charge in [-0.05, 0) is 53.7 Å². The summed E-state index contributed by atoms with van der Waals surface area (Å²) in [7, 11) is 0. The fraction of sp³-hybridized carbons (Fsp3) is 0.545. The van der Waals surface area contributed by atoms with Crippen LogP contribution in [0.3, 0.4) is 0 Å². The number of halogens is 1. The average Bonchev–Trinajstić information content (AvgIpc) is 2.64. The lowest BCUT2D eigenvalue weighted by Gasteiger charge is -2.12. The van der Waals surface area contributed by atoms with Gasteiger partial charge in [0, 0.05) is 21.8 Å². The second-order valence-corrected chi connectivity index (χ2v) is 5.23. The molecule has 0 bridgehead atoms. The van der Waals surface area contributed by atoms with Gasteiger partial charge in [-0.15, -0.1) is 11.3 Å². The van der Waals surface area contributed by atoms with Gasteiger partial charge in [-0.1, -0.05) is 0 Å². The Kier molecular flexibility index (Phi) is 5.92. The first kappa shape index (κ1) is 12.7. The highest BCUT2D eigenvalue weighted by Crippen LogP contribution is 2.28. The van der Waals surface area contributed by atoms with Crippen LogP contribution in [0.5, 0.6) is 0 Å². The molecule has 1 aromatic rings. The number of unbranched alkanes of at least 4 members (excludes halogenated alkanes) is 2. The lowest BCUT2D eigenvalue weighted by atomic mass is 10.2. The smallest absolute Gasteiger partial charge is 0.0621 e. The Labute approximate surface area is 103 Å². The zero-order valence-corrected chi connectivity index (χ0v) is 11.2. The van der Waals surface area contributed by atoms with Gasteiger partial charge in [-0.2, -0.15) is 5.26 Å². The molecule has 0 amide bonds. The zero-order valence-electron chi connectivity index (χ0n) is 8.79. The minimum atomic E-state index is 0.390. The Hall–Kier alpha value is -0.370. The van der Waals surface area contributed by atoms with Crippen molar-refractivity contribution in [2.45, 2.75) is 32.2 Å². The van der Waals surface area contributed by atoms with Gasteiger partial charge >= 0.3 is 0 Å². The van der Waals surface area contributed by atoms with Crippen LogP contribution in [0, 0.1) is 11.3 Å². The van der Waals surface area contributed by atoms with E-state index in [2.05, 4.69) is 45.7 Å². The van der Waals surface area contributed by atoms with Crippen LogP contribution >= 0.6 is 27.3 Å². The number of nitrogens with one attached hydrogen (secondary N) is 1. The highest BCUT2D eigenvalue weighted by atomic mass is 79.9. The highest BCUT2D eigenvalue weighted by Gasteiger charge is 2.09. The van der Waals surface area contributed by atoms with Crippen molar-refractivity contribution in [2.24, 2.45) is 0 Å². The van der Waals surface area contributed by atoms with E-state index in [1.807, 2.05) is 0 Å². The second kappa shape index (κ2) is 7.00. The molecule has 0 aliphatic heterocycles. The van der Waals surface area contributed by atoms with Gasteiger partial charge in [0.15, 0.2) is 0 Å². The predicted molar refractivity (Wildman–Crippen MR) is 67.9 cm³/mol. The third kappa shape index (κ3) is 4.33. The number of hydrogen-bond acceptors (Lipinski definition) is 3. The van der Waals surface area contributed by atoms with Gasteiger partial charge in [0.1, 0.15) is 0 Å². The molecular weight excluding hydrogens is 272 g/mol. The van der Waals surface area contributed by atoms with E-state index < -0.39 is 0 Å². The van der Waals surface area contributed by atoms with Crippen molar-refractivity contribution in [1.29, 1.82) is 5.26 Å². The molecule has 15 heavy (non-hydrogen) atoms. The van der Waals surface area contributed by atoms with E-state index in [1.165, 1.54) is 9.35 Å². The predicted octanol–water partition coefficient (Wildman–Crippen LogP) is 3.86. The molecule has 0 saturated carbocycles. The van der Waals surface area contributed by atoms with Gasteiger partial charge in [0.05, 0.1) is 6.07 Å². The number of nitrogens with zero attached hydrogens (tertiary/aromatic N) is 1. The third-order valence-corrected chi connectivity index (χ3v) is 4.26. The number of thiophene rings is 1. The summed E-state index contributed by atoms with van der Waals surface area (Å²) in [5.74, 6) is 0. The average molecular weight is 287 g/mol. The van der Waals surface area contributed by atoms with Crippen LogP contribution in [-0.4, -0.2) is 6.54 Å². The van der Waals surface area contributed by atoms with E-state index in [0.29, 0.717) is 12.5 Å². The van der Waals surface area contributed by atoms with Crippen molar-refractivity contribution in [3.8, 4) is 6.07 Å². The third-order valence-electron chi connectivity index (χ3n) is 2.20. The molecule has 1 unspecified atom stereocenters. The summed E-state index contributed by atoms with van der Waals surface area (Å²) in [4.78, 5) is 1.34. The number of rotatable bonds is 6. The topological polar surface area (TPSA) is 35.8 Å². The summed E-state index contributed by atoms with van der Waals surface area (Å²) in [5, 5.41) is 13.9. The van der Waals surface area contributed by atoms with Crippen molar-refractivity contribution >= 4 is 27.3 Å². The molecular formula is C11H15BrN2S. The Morgan fingerprint density at radius 2 is 2.40 bits per heavy atom. The molecule has 0 aromatic carbocycles. The summed E-state index contributed by atoms with van der Waals surface area (Å²) < 4.78 is 1.18. The molecule has 1 rings (SSSR count).